The van der Waals surface area contributed by atoms with E-state index in [9.17, 15) is 13.2 Å². The summed E-state index contributed by atoms with van der Waals surface area (Å²) in [6, 6.07) is -0.328. The monoisotopic (exact) mass is 262 g/mol. The molecule has 0 aromatic carbocycles. The summed E-state index contributed by atoms with van der Waals surface area (Å²) in [6.45, 7) is 4.13. The summed E-state index contributed by atoms with van der Waals surface area (Å²) in [5, 5.41) is 0. The normalized spacial score (nSPS) is 11.9. The van der Waals surface area contributed by atoms with Gasteiger partial charge < -0.3 is 10.6 Å². The molecule has 0 spiro atoms. The van der Waals surface area contributed by atoms with Gasteiger partial charge in [0, 0.05) is 11.6 Å². The van der Waals surface area contributed by atoms with Gasteiger partial charge in [-0.1, -0.05) is 6.92 Å². The molecule has 0 aliphatic heterocycles. The van der Waals surface area contributed by atoms with Crippen LogP contribution in [-0.2, 0) is 6.42 Å². The molecule has 0 saturated carbocycles. The van der Waals surface area contributed by atoms with Crippen molar-refractivity contribution < 1.29 is 13.2 Å². The van der Waals surface area contributed by atoms with Crippen LogP contribution in [0, 0.1) is 0 Å². The molecule has 102 valence electrons. The zero-order chi connectivity index (χ0) is 13.9. The minimum atomic E-state index is -4.28. The molecule has 0 radical (unpaired) electrons. The van der Waals surface area contributed by atoms with E-state index in [0.717, 1.165) is 0 Å². The quantitative estimate of drug-likeness (QED) is 0.905. The lowest BCUT2D eigenvalue weighted by atomic mass is 10.2. The van der Waals surface area contributed by atoms with E-state index in [0.29, 0.717) is 12.0 Å². The standard InChI is InChI=1S/C11H17F3N4/c1-4-8-9(15)16-6-17-10(8)18(7(2)3)5-11(12,13)14/h6-7H,4-5H2,1-3H3,(H2,15,16,17). The van der Waals surface area contributed by atoms with Crippen LogP contribution in [0.5, 0.6) is 0 Å². The van der Waals surface area contributed by atoms with Crippen LogP contribution < -0.4 is 10.6 Å². The Balaban J connectivity index is 3.18. The van der Waals surface area contributed by atoms with E-state index in [-0.39, 0.29) is 17.7 Å². The Morgan fingerprint density at radius 1 is 1.33 bits per heavy atom. The molecule has 0 aliphatic carbocycles. The second kappa shape index (κ2) is 5.41. The third-order valence-corrected chi connectivity index (χ3v) is 2.55. The number of hydrogen-bond donors (Lipinski definition) is 1. The van der Waals surface area contributed by atoms with Crippen molar-refractivity contribution in [3.63, 3.8) is 0 Å². The molecule has 0 fully saturated rings. The van der Waals surface area contributed by atoms with Crippen LogP contribution >= 0.6 is 0 Å². The zero-order valence-corrected chi connectivity index (χ0v) is 10.6. The fraction of sp³-hybridized carbons (Fsp3) is 0.636. The molecule has 0 aliphatic rings. The maximum absolute atomic E-state index is 12.6. The Kier molecular flexibility index (Phi) is 4.37. The number of halogens is 3. The summed E-state index contributed by atoms with van der Waals surface area (Å²) in [6.07, 6.45) is -2.60. The number of rotatable bonds is 4. The molecule has 18 heavy (non-hydrogen) atoms. The second-order valence-electron chi connectivity index (χ2n) is 4.25. The average molecular weight is 262 g/mol. The highest BCUT2D eigenvalue weighted by Gasteiger charge is 2.33. The third-order valence-electron chi connectivity index (χ3n) is 2.55. The molecule has 7 heteroatoms. The Hall–Kier alpha value is -1.53. The fourth-order valence-corrected chi connectivity index (χ4v) is 1.70. The highest BCUT2D eigenvalue weighted by molar-refractivity contribution is 5.57. The molecular weight excluding hydrogens is 245 g/mol. The van der Waals surface area contributed by atoms with Crippen LogP contribution in [-0.4, -0.2) is 28.7 Å². The van der Waals surface area contributed by atoms with E-state index >= 15 is 0 Å². The molecule has 1 aromatic heterocycles. The number of nitrogens with two attached hydrogens (primary N) is 1. The van der Waals surface area contributed by atoms with Gasteiger partial charge in [0.1, 0.15) is 24.5 Å². The van der Waals surface area contributed by atoms with Crippen molar-refractivity contribution in [3.8, 4) is 0 Å². The maximum atomic E-state index is 12.6. The van der Waals surface area contributed by atoms with E-state index in [1.54, 1.807) is 13.8 Å². The Morgan fingerprint density at radius 2 is 1.94 bits per heavy atom. The van der Waals surface area contributed by atoms with Gasteiger partial charge in [0.2, 0.25) is 0 Å². The highest BCUT2D eigenvalue weighted by atomic mass is 19.4. The number of nitrogen functional groups attached to an aromatic ring is 1. The first-order valence-electron chi connectivity index (χ1n) is 5.69. The summed E-state index contributed by atoms with van der Waals surface area (Å²) in [4.78, 5) is 8.95. The number of nitrogens with zero attached hydrogens (tertiary/aromatic N) is 3. The summed E-state index contributed by atoms with van der Waals surface area (Å²) in [5.41, 5.74) is 6.23. The Labute approximate surface area is 104 Å². The molecule has 0 atom stereocenters. The van der Waals surface area contributed by atoms with Gasteiger partial charge in [0.15, 0.2) is 0 Å². The van der Waals surface area contributed by atoms with Crippen molar-refractivity contribution in [2.45, 2.75) is 39.4 Å². The highest BCUT2D eigenvalue weighted by Crippen LogP contribution is 2.27. The van der Waals surface area contributed by atoms with Crippen LogP contribution in [0.4, 0.5) is 24.8 Å². The van der Waals surface area contributed by atoms with Gasteiger partial charge in [-0.15, -0.1) is 0 Å². The maximum Gasteiger partial charge on any atom is 0.405 e. The fourth-order valence-electron chi connectivity index (χ4n) is 1.70. The van der Waals surface area contributed by atoms with Gasteiger partial charge >= 0.3 is 6.18 Å². The van der Waals surface area contributed by atoms with Crippen LogP contribution in [0.2, 0.25) is 0 Å². The molecule has 0 saturated heterocycles. The van der Waals surface area contributed by atoms with E-state index in [1.807, 2.05) is 6.92 Å². The molecule has 0 bridgehead atoms. The van der Waals surface area contributed by atoms with Crippen molar-refractivity contribution in [2.75, 3.05) is 17.2 Å². The molecule has 0 unspecified atom stereocenters. The topological polar surface area (TPSA) is 55.0 Å². The van der Waals surface area contributed by atoms with Gasteiger partial charge in [-0.25, -0.2) is 9.97 Å². The van der Waals surface area contributed by atoms with E-state index in [1.165, 1.54) is 11.2 Å². The molecule has 2 N–H and O–H groups in total. The average Bonchev–Trinajstić information content (AvgIpc) is 2.24. The largest absolute Gasteiger partial charge is 0.405 e. The van der Waals surface area contributed by atoms with E-state index < -0.39 is 12.7 Å². The molecular formula is C11H17F3N4. The summed E-state index contributed by atoms with van der Waals surface area (Å²) >= 11 is 0. The summed E-state index contributed by atoms with van der Waals surface area (Å²) < 4.78 is 37.7. The van der Waals surface area contributed by atoms with Gasteiger partial charge in [0.25, 0.3) is 0 Å². The SMILES string of the molecule is CCc1c(N)ncnc1N(CC(F)(F)F)C(C)C. The van der Waals surface area contributed by atoms with Crippen LogP contribution in [0.3, 0.4) is 0 Å². The van der Waals surface area contributed by atoms with Gasteiger partial charge in [0.05, 0.1) is 0 Å². The second-order valence-corrected chi connectivity index (χ2v) is 4.25. The van der Waals surface area contributed by atoms with Crippen LogP contribution in [0.25, 0.3) is 0 Å². The predicted octanol–water partition coefficient (Wildman–Crippen LogP) is 2.40. The summed E-state index contributed by atoms with van der Waals surface area (Å²) in [7, 11) is 0. The third kappa shape index (κ3) is 3.48. The molecule has 1 rings (SSSR count). The Bertz CT molecular complexity index is 404. The minimum absolute atomic E-state index is 0.232. The molecule has 1 heterocycles. The molecule has 1 aromatic rings. The number of alkyl halides is 3. The van der Waals surface area contributed by atoms with Crippen LogP contribution in [0.15, 0.2) is 6.33 Å². The number of hydrogen-bond acceptors (Lipinski definition) is 4. The first-order chi connectivity index (χ1) is 8.26. The predicted molar refractivity (Wildman–Crippen MR) is 64.4 cm³/mol. The van der Waals surface area contributed by atoms with Gasteiger partial charge in [-0.2, -0.15) is 13.2 Å². The number of anilines is 2. The smallest absolute Gasteiger partial charge is 0.383 e. The van der Waals surface area contributed by atoms with Gasteiger partial charge in [-0.3, -0.25) is 0 Å². The van der Waals surface area contributed by atoms with Crippen LogP contribution in [0.1, 0.15) is 26.3 Å². The molecule has 0 amide bonds. The Morgan fingerprint density at radius 3 is 2.39 bits per heavy atom. The van der Waals surface area contributed by atoms with Crippen molar-refractivity contribution in [1.29, 1.82) is 0 Å². The molecule has 4 nitrogen and oxygen atoms in total. The van der Waals surface area contributed by atoms with Crippen molar-refractivity contribution >= 4 is 11.6 Å². The van der Waals surface area contributed by atoms with E-state index in [4.69, 9.17) is 5.73 Å². The first-order valence-corrected chi connectivity index (χ1v) is 5.69. The zero-order valence-electron chi connectivity index (χ0n) is 10.6. The van der Waals surface area contributed by atoms with Crippen molar-refractivity contribution in [1.82, 2.24) is 9.97 Å². The minimum Gasteiger partial charge on any atom is -0.383 e. The summed E-state index contributed by atoms with van der Waals surface area (Å²) in [5.74, 6) is 0.493. The van der Waals surface area contributed by atoms with Crippen molar-refractivity contribution in [2.24, 2.45) is 0 Å². The lowest BCUT2D eigenvalue weighted by Crippen LogP contribution is -2.40. The lowest BCUT2D eigenvalue weighted by Gasteiger charge is -2.30. The number of aromatic nitrogens is 2. The lowest BCUT2D eigenvalue weighted by molar-refractivity contribution is -0.120. The first kappa shape index (κ1) is 14.5. The van der Waals surface area contributed by atoms with Gasteiger partial charge in [-0.05, 0) is 20.3 Å². The van der Waals surface area contributed by atoms with Crippen molar-refractivity contribution in [3.05, 3.63) is 11.9 Å². The van der Waals surface area contributed by atoms with E-state index in [2.05, 4.69) is 9.97 Å².